The van der Waals surface area contributed by atoms with Gasteiger partial charge in [-0.3, -0.25) is 4.57 Å². The van der Waals surface area contributed by atoms with Gasteiger partial charge in [0.25, 0.3) is 0 Å². The van der Waals surface area contributed by atoms with Gasteiger partial charge in [0.15, 0.2) is 5.78 Å². The molecule has 17 heavy (non-hydrogen) atoms. The Morgan fingerprint density at radius 3 is 2.35 bits per heavy atom. The van der Waals surface area contributed by atoms with Gasteiger partial charge in [0, 0.05) is 0 Å². The zero-order chi connectivity index (χ0) is 12.1. The number of ether oxygens (including phenoxy) is 1. The summed E-state index contributed by atoms with van der Waals surface area (Å²) in [5.74, 6) is 0.567. The molecule has 0 aliphatic carbocycles. The van der Waals surface area contributed by atoms with Crippen molar-refractivity contribution in [3.8, 4) is 5.75 Å². The Morgan fingerprint density at radius 2 is 1.76 bits per heavy atom. The molecule has 0 atom stereocenters. The molecule has 0 aliphatic rings. The van der Waals surface area contributed by atoms with Crippen molar-refractivity contribution in [2.45, 2.75) is 0 Å². The minimum absolute atomic E-state index is 0.163. The highest BCUT2D eigenvalue weighted by molar-refractivity contribution is 6.01. The van der Waals surface area contributed by atoms with Crippen LogP contribution in [0.5, 0.6) is 5.75 Å². The van der Waals surface area contributed by atoms with E-state index >= 15 is 0 Å². The topological polar surface area (TPSA) is 30.2 Å². The van der Waals surface area contributed by atoms with Gasteiger partial charge in [0.2, 0.25) is 6.54 Å². The Hall–Kier alpha value is -2.29. The summed E-state index contributed by atoms with van der Waals surface area (Å²) in [4.78, 5) is 11.8. The molecule has 0 N–H and O–H groups in total. The number of benzene rings is 1. The lowest BCUT2D eigenvalue weighted by molar-refractivity contribution is -0.625. The first kappa shape index (κ1) is 11.2. The Balaban J connectivity index is 2.09. The highest BCUT2D eigenvalue weighted by atomic mass is 16.5. The summed E-state index contributed by atoms with van der Waals surface area (Å²) < 4.78 is 6.63. The summed E-state index contributed by atoms with van der Waals surface area (Å²) in [6.45, 7) is 2.73. The SMILES string of the molecule is COc1ccc(C(=O)[C-][n+]2ccccc2)cc1. The molecule has 3 nitrogen and oxygen atoms in total. The molecule has 2 rings (SSSR count). The van der Waals surface area contributed by atoms with E-state index in [1.54, 1.807) is 48.3 Å². The van der Waals surface area contributed by atoms with Crippen molar-refractivity contribution < 1.29 is 14.1 Å². The van der Waals surface area contributed by atoms with Crippen molar-refractivity contribution in [1.29, 1.82) is 0 Å². The van der Waals surface area contributed by atoms with Crippen molar-refractivity contribution in [3.05, 3.63) is 67.0 Å². The van der Waals surface area contributed by atoms with Gasteiger partial charge in [-0.15, -0.1) is 0 Å². The highest BCUT2D eigenvalue weighted by Crippen LogP contribution is 2.11. The van der Waals surface area contributed by atoms with Crippen LogP contribution in [0.25, 0.3) is 0 Å². The number of aromatic nitrogens is 1. The number of hydrogen-bond donors (Lipinski definition) is 0. The number of pyridine rings is 1. The highest BCUT2D eigenvalue weighted by Gasteiger charge is 2.06. The van der Waals surface area contributed by atoms with Gasteiger partial charge in [-0.05, 0) is 29.8 Å². The second kappa shape index (κ2) is 5.16. The van der Waals surface area contributed by atoms with Crippen LogP contribution in [0.3, 0.4) is 0 Å². The number of rotatable bonds is 4. The van der Waals surface area contributed by atoms with E-state index < -0.39 is 0 Å². The normalized spacial score (nSPS) is 9.71. The van der Waals surface area contributed by atoms with Gasteiger partial charge >= 0.3 is 0 Å². The van der Waals surface area contributed by atoms with Crippen molar-refractivity contribution >= 4 is 5.78 Å². The van der Waals surface area contributed by atoms with Crippen molar-refractivity contribution in [2.75, 3.05) is 7.11 Å². The zero-order valence-corrected chi connectivity index (χ0v) is 9.46. The monoisotopic (exact) mass is 226 g/mol. The van der Waals surface area contributed by atoms with Crippen molar-refractivity contribution in [3.63, 3.8) is 0 Å². The maximum absolute atomic E-state index is 11.8. The summed E-state index contributed by atoms with van der Waals surface area (Å²) in [6, 6.07) is 12.5. The predicted octanol–water partition coefficient (Wildman–Crippen LogP) is 1.75. The lowest BCUT2D eigenvalue weighted by Gasteiger charge is -2.04. The first-order chi connectivity index (χ1) is 8.29. The second-order valence-corrected chi connectivity index (χ2v) is 3.45. The molecule has 2 aromatic rings. The summed E-state index contributed by atoms with van der Waals surface area (Å²) in [5, 5.41) is 0. The number of methoxy groups -OCH3 is 1. The van der Waals surface area contributed by atoms with E-state index in [1.807, 2.05) is 18.2 Å². The average molecular weight is 226 g/mol. The van der Waals surface area contributed by atoms with Gasteiger partial charge in [-0.25, -0.2) is 0 Å². The van der Waals surface area contributed by atoms with Crippen LogP contribution in [0, 0.1) is 6.54 Å². The van der Waals surface area contributed by atoms with Gasteiger partial charge in [0.1, 0.15) is 5.75 Å². The van der Waals surface area contributed by atoms with Crippen LogP contribution < -0.4 is 9.30 Å². The molecular weight excluding hydrogens is 214 g/mol. The maximum Gasteiger partial charge on any atom is 0.203 e. The number of carbonyl (C=O) groups is 1. The Labute approximate surface area is 100 Å². The lowest BCUT2D eigenvalue weighted by Crippen LogP contribution is -2.34. The third-order valence-corrected chi connectivity index (χ3v) is 2.30. The standard InChI is InChI=1S/C14H12NO2/c1-17-13-7-5-12(6-8-13)14(16)11-15-9-3-2-4-10-15/h2-10H,1H3. The molecule has 0 saturated carbocycles. The zero-order valence-electron chi connectivity index (χ0n) is 9.46. The van der Waals surface area contributed by atoms with Crippen LogP contribution in [0.2, 0.25) is 0 Å². The molecule has 0 fully saturated rings. The Morgan fingerprint density at radius 1 is 1.12 bits per heavy atom. The third-order valence-electron chi connectivity index (χ3n) is 2.30. The van der Waals surface area contributed by atoms with E-state index in [9.17, 15) is 4.79 Å². The van der Waals surface area contributed by atoms with Crippen LogP contribution in [0.15, 0.2) is 54.9 Å². The van der Waals surface area contributed by atoms with Crippen LogP contribution >= 0.6 is 0 Å². The molecule has 85 valence electrons. The van der Waals surface area contributed by atoms with Gasteiger partial charge in [0.05, 0.1) is 19.5 Å². The van der Waals surface area contributed by atoms with Crippen molar-refractivity contribution in [2.24, 2.45) is 0 Å². The smallest absolute Gasteiger partial charge is 0.203 e. The minimum atomic E-state index is -0.163. The van der Waals surface area contributed by atoms with Crippen LogP contribution in [0.4, 0.5) is 0 Å². The molecule has 0 unspecified atom stereocenters. The van der Waals surface area contributed by atoms with E-state index in [0.29, 0.717) is 5.56 Å². The number of ketones is 1. The van der Waals surface area contributed by atoms with Crippen molar-refractivity contribution in [1.82, 2.24) is 0 Å². The molecule has 0 aliphatic heterocycles. The summed E-state index contributed by atoms with van der Waals surface area (Å²) in [5.41, 5.74) is 0.585. The van der Waals surface area contributed by atoms with Gasteiger partial charge in [-0.2, -0.15) is 0 Å². The van der Waals surface area contributed by atoms with E-state index in [0.717, 1.165) is 5.75 Å². The molecule has 0 bridgehead atoms. The Kier molecular flexibility index (Phi) is 3.40. The molecular formula is C14H12NO2. The van der Waals surface area contributed by atoms with Crippen LogP contribution in [-0.2, 0) is 0 Å². The second-order valence-electron chi connectivity index (χ2n) is 3.45. The molecule has 1 aromatic heterocycles. The third kappa shape index (κ3) is 2.84. The van der Waals surface area contributed by atoms with Crippen LogP contribution in [0.1, 0.15) is 10.4 Å². The number of Topliss-reactive ketones (excluding diaryl/α,β-unsaturated/α-hetero) is 1. The number of hydrogen-bond acceptors (Lipinski definition) is 2. The fourth-order valence-corrected chi connectivity index (χ4v) is 1.40. The molecule has 0 spiro atoms. The first-order valence-corrected chi connectivity index (χ1v) is 5.21. The lowest BCUT2D eigenvalue weighted by atomic mass is 10.1. The minimum Gasteiger partial charge on any atom is -0.497 e. The summed E-state index contributed by atoms with van der Waals surface area (Å²) in [7, 11) is 1.59. The summed E-state index contributed by atoms with van der Waals surface area (Å²) in [6.07, 6.45) is 3.53. The molecule has 1 radical (unpaired) electrons. The van der Waals surface area contributed by atoms with E-state index in [1.165, 1.54) is 0 Å². The number of nitrogens with zero attached hydrogens (tertiary/aromatic N) is 1. The molecule has 3 heteroatoms. The number of carbonyl (C=O) groups excluding carboxylic acids is 1. The predicted molar refractivity (Wildman–Crippen MR) is 62.6 cm³/mol. The fourth-order valence-electron chi connectivity index (χ4n) is 1.40. The molecule has 1 aromatic carbocycles. The molecule has 0 saturated heterocycles. The maximum atomic E-state index is 11.8. The van der Waals surface area contributed by atoms with Gasteiger partial charge < -0.3 is 9.53 Å². The first-order valence-electron chi connectivity index (χ1n) is 5.21. The van der Waals surface area contributed by atoms with E-state index in [4.69, 9.17) is 4.74 Å². The van der Waals surface area contributed by atoms with Gasteiger partial charge in [-0.1, -0.05) is 18.2 Å². The summed E-state index contributed by atoms with van der Waals surface area (Å²) >= 11 is 0. The largest absolute Gasteiger partial charge is 0.497 e. The van der Waals surface area contributed by atoms with E-state index in [2.05, 4.69) is 6.54 Å². The quantitative estimate of drug-likeness (QED) is 0.451. The Bertz CT molecular complexity index is 491. The molecule has 1 heterocycles. The van der Waals surface area contributed by atoms with Crippen LogP contribution in [-0.4, -0.2) is 12.9 Å². The molecule has 0 amide bonds. The fraction of sp³-hybridized carbons (Fsp3) is 0.0714. The van der Waals surface area contributed by atoms with E-state index in [-0.39, 0.29) is 5.78 Å². The average Bonchev–Trinajstić information content (AvgIpc) is 2.40.